The zero-order valence-electron chi connectivity index (χ0n) is 10.8. The van der Waals surface area contributed by atoms with Crippen molar-refractivity contribution in [3.63, 3.8) is 0 Å². The van der Waals surface area contributed by atoms with E-state index in [-0.39, 0.29) is 11.9 Å². The van der Waals surface area contributed by atoms with Gasteiger partial charge in [0.05, 0.1) is 18.0 Å². The topological polar surface area (TPSA) is 79.8 Å². The molecule has 1 aromatic carbocycles. The van der Waals surface area contributed by atoms with Gasteiger partial charge in [-0.25, -0.2) is 4.98 Å². The fourth-order valence-electron chi connectivity index (χ4n) is 1.66. The highest BCUT2D eigenvalue weighted by atomic mass is 16.1. The van der Waals surface area contributed by atoms with Gasteiger partial charge in [0.1, 0.15) is 0 Å². The third-order valence-electron chi connectivity index (χ3n) is 2.49. The van der Waals surface area contributed by atoms with E-state index in [1.807, 2.05) is 32.0 Å². The van der Waals surface area contributed by atoms with Crippen LogP contribution >= 0.6 is 0 Å². The molecule has 1 amide bonds. The number of benzene rings is 1. The molecule has 0 saturated heterocycles. The van der Waals surface area contributed by atoms with Crippen LogP contribution in [0.15, 0.2) is 30.6 Å². The Morgan fingerprint density at radius 3 is 2.84 bits per heavy atom. The monoisotopic (exact) mass is 257 g/mol. The molecule has 0 bridgehead atoms. The van der Waals surface area contributed by atoms with E-state index in [4.69, 9.17) is 0 Å². The molecule has 2 rings (SSSR count). The van der Waals surface area contributed by atoms with Crippen LogP contribution in [0.1, 0.15) is 22.8 Å². The molecule has 6 nitrogen and oxygen atoms in total. The van der Waals surface area contributed by atoms with Crippen LogP contribution < -0.4 is 10.6 Å². The number of hydrogen-bond donors (Lipinski definition) is 2. The van der Waals surface area contributed by atoms with Crippen molar-refractivity contribution in [2.45, 2.75) is 13.8 Å². The number of rotatable bonds is 4. The second-order valence-electron chi connectivity index (χ2n) is 4.00. The van der Waals surface area contributed by atoms with Crippen molar-refractivity contribution in [1.82, 2.24) is 15.2 Å². The average Bonchev–Trinajstić information content (AvgIpc) is 2.42. The summed E-state index contributed by atoms with van der Waals surface area (Å²) in [6.07, 6.45) is 2.93. The number of nitrogens with one attached hydrogen (secondary N) is 2. The van der Waals surface area contributed by atoms with Crippen molar-refractivity contribution in [3.05, 3.63) is 41.7 Å². The van der Waals surface area contributed by atoms with Gasteiger partial charge in [-0.2, -0.15) is 5.10 Å². The highest BCUT2D eigenvalue weighted by Gasteiger charge is 2.12. The van der Waals surface area contributed by atoms with Gasteiger partial charge in [-0.15, -0.1) is 5.10 Å². The first-order valence-electron chi connectivity index (χ1n) is 6.00. The van der Waals surface area contributed by atoms with Crippen LogP contribution in [-0.4, -0.2) is 27.6 Å². The van der Waals surface area contributed by atoms with Gasteiger partial charge in [-0.1, -0.05) is 11.6 Å². The van der Waals surface area contributed by atoms with Crippen molar-refractivity contribution < 1.29 is 4.79 Å². The van der Waals surface area contributed by atoms with E-state index < -0.39 is 0 Å². The summed E-state index contributed by atoms with van der Waals surface area (Å²) in [6.45, 7) is 4.66. The number of carbonyl (C=O) groups is 1. The summed E-state index contributed by atoms with van der Waals surface area (Å²) in [7, 11) is 0. The van der Waals surface area contributed by atoms with E-state index in [9.17, 15) is 4.79 Å². The minimum Gasteiger partial charge on any atom is -0.385 e. The third-order valence-corrected chi connectivity index (χ3v) is 2.49. The second-order valence-corrected chi connectivity index (χ2v) is 4.00. The van der Waals surface area contributed by atoms with Crippen molar-refractivity contribution >= 4 is 17.5 Å². The fourth-order valence-corrected chi connectivity index (χ4v) is 1.66. The normalized spacial score (nSPS) is 10.0. The molecule has 0 saturated carbocycles. The molecule has 0 aliphatic heterocycles. The smallest absolute Gasteiger partial charge is 0.260 e. The molecule has 0 aliphatic rings. The molecule has 0 spiro atoms. The molecular weight excluding hydrogens is 242 g/mol. The predicted octanol–water partition coefficient (Wildman–Crippen LogP) is 1.86. The first-order valence-corrected chi connectivity index (χ1v) is 6.00. The summed E-state index contributed by atoms with van der Waals surface area (Å²) in [5.74, 6) is -0.0656. The number of aromatic nitrogens is 3. The molecule has 6 heteroatoms. The van der Waals surface area contributed by atoms with E-state index in [0.29, 0.717) is 5.56 Å². The van der Waals surface area contributed by atoms with Gasteiger partial charge in [-0.05, 0) is 26.0 Å². The van der Waals surface area contributed by atoms with Crippen LogP contribution in [0.3, 0.4) is 0 Å². The van der Waals surface area contributed by atoms with Crippen LogP contribution in [0.2, 0.25) is 0 Å². The molecule has 98 valence electrons. The lowest BCUT2D eigenvalue weighted by Gasteiger charge is -2.11. The van der Waals surface area contributed by atoms with E-state index in [1.54, 1.807) is 0 Å². The zero-order chi connectivity index (χ0) is 13.7. The molecule has 19 heavy (non-hydrogen) atoms. The van der Waals surface area contributed by atoms with E-state index >= 15 is 0 Å². The van der Waals surface area contributed by atoms with Crippen molar-refractivity contribution in [1.29, 1.82) is 0 Å². The van der Waals surface area contributed by atoms with Crippen LogP contribution in [0, 0.1) is 6.92 Å². The fraction of sp³-hybridized carbons (Fsp3) is 0.231. The second kappa shape index (κ2) is 5.90. The van der Waals surface area contributed by atoms with Gasteiger partial charge >= 0.3 is 0 Å². The van der Waals surface area contributed by atoms with Gasteiger partial charge in [0.25, 0.3) is 5.91 Å². The first kappa shape index (κ1) is 12.9. The maximum atomic E-state index is 12.2. The van der Waals surface area contributed by atoms with Crippen LogP contribution in [-0.2, 0) is 0 Å². The number of aryl methyl sites for hydroxylation is 1. The lowest BCUT2D eigenvalue weighted by molar-refractivity contribution is 0.102. The SMILES string of the molecule is CCNc1ccc(C)cc1C(=O)Nc1nccnn1. The summed E-state index contributed by atoms with van der Waals surface area (Å²) >= 11 is 0. The minimum atomic E-state index is -0.257. The Labute approximate surface area is 111 Å². The Kier molecular flexibility index (Phi) is 4.02. The molecule has 0 fully saturated rings. The van der Waals surface area contributed by atoms with Gasteiger partial charge in [0.2, 0.25) is 5.95 Å². The maximum Gasteiger partial charge on any atom is 0.260 e. The minimum absolute atomic E-state index is 0.191. The Bertz CT molecular complexity index is 571. The lowest BCUT2D eigenvalue weighted by atomic mass is 10.1. The quantitative estimate of drug-likeness (QED) is 0.874. The van der Waals surface area contributed by atoms with E-state index in [2.05, 4.69) is 25.8 Å². The van der Waals surface area contributed by atoms with Gasteiger partial charge in [-0.3, -0.25) is 10.1 Å². The number of nitrogens with zero attached hydrogens (tertiary/aromatic N) is 3. The first-order chi connectivity index (χ1) is 9.20. The summed E-state index contributed by atoms with van der Waals surface area (Å²) in [5, 5.41) is 13.2. The highest BCUT2D eigenvalue weighted by molar-refractivity contribution is 6.07. The van der Waals surface area contributed by atoms with Gasteiger partial charge in [0.15, 0.2) is 0 Å². The highest BCUT2D eigenvalue weighted by Crippen LogP contribution is 2.18. The third kappa shape index (κ3) is 3.25. The van der Waals surface area contributed by atoms with Gasteiger partial charge in [0, 0.05) is 12.2 Å². The largest absolute Gasteiger partial charge is 0.385 e. The predicted molar refractivity (Wildman–Crippen MR) is 73.1 cm³/mol. The van der Waals surface area contributed by atoms with Crippen molar-refractivity contribution in [2.24, 2.45) is 0 Å². The Hall–Kier alpha value is -2.50. The molecule has 1 aromatic heterocycles. The Morgan fingerprint density at radius 2 is 2.16 bits per heavy atom. The number of carbonyl (C=O) groups excluding carboxylic acids is 1. The van der Waals surface area contributed by atoms with Crippen molar-refractivity contribution in [3.8, 4) is 0 Å². The molecule has 2 aromatic rings. The Morgan fingerprint density at radius 1 is 1.32 bits per heavy atom. The summed E-state index contributed by atoms with van der Waals surface area (Å²) < 4.78 is 0. The number of amides is 1. The standard InChI is InChI=1S/C13H15N5O/c1-3-14-11-5-4-9(2)8-10(11)12(19)17-13-15-6-7-16-18-13/h4-8,14H,3H2,1-2H3,(H,15,17,18,19). The molecular formula is C13H15N5O. The molecule has 0 atom stereocenters. The van der Waals surface area contributed by atoms with Crippen LogP contribution in [0.25, 0.3) is 0 Å². The summed E-state index contributed by atoms with van der Waals surface area (Å²) in [4.78, 5) is 16.1. The zero-order valence-corrected chi connectivity index (χ0v) is 10.8. The van der Waals surface area contributed by atoms with Crippen LogP contribution in [0.4, 0.5) is 11.6 Å². The number of hydrogen-bond acceptors (Lipinski definition) is 5. The molecule has 1 heterocycles. The average molecular weight is 257 g/mol. The summed E-state index contributed by atoms with van der Waals surface area (Å²) in [5.41, 5.74) is 2.36. The van der Waals surface area contributed by atoms with Gasteiger partial charge < -0.3 is 5.32 Å². The van der Waals surface area contributed by atoms with E-state index in [0.717, 1.165) is 17.8 Å². The molecule has 0 unspecified atom stereocenters. The molecule has 2 N–H and O–H groups in total. The maximum absolute atomic E-state index is 12.2. The summed E-state index contributed by atoms with van der Waals surface area (Å²) in [6, 6.07) is 5.66. The van der Waals surface area contributed by atoms with Crippen LogP contribution in [0.5, 0.6) is 0 Å². The number of anilines is 2. The Balaban J connectivity index is 2.25. The van der Waals surface area contributed by atoms with Crippen molar-refractivity contribution in [2.75, 3.05) is 17.2 Å². The molecule has 0 aliphatic carbocycles. The van der Waals surface area contributed by atoms with E-state index in [1.165, 1.54) is 12.4 Å². The molecule has 0 radical (unpaired) electrons. The lowest BCUT2D eigenvalue weighted by Crippen LogP contribution is -2.17.